The van der Waals surface area contributed by atoms with Crippen LogP contribution in [0.2, 0.25) is 0 Å². The van der Waals surface area contributed by atoms with Crippen LogP contribution in [0.3, 0.4) is 0 Å². The number of hydrogen-bond acceptors (Lipinski definition) is 3. The minimum Gasteiger partial charge on any atom is -0.465 e. The summed E-state index contributed by atoms with van der Waals surface area (Å²) in [5, 5.41) is 0. The first kappa shape index (κ1) is 17.2. The third-order valence-corrected chi connectivity index (χ3v) is 3.23. The van der Waals surface area contributed by atoms with Crippen LogP contribution in [-0.2, 0) is 9.53 Å². The molecule has 0 aliphatic carbocycles. The molecule has 116 valence electrons. The van der Waals surface area contributed by atoms with Crippen molar-refractivity contribution in [2.75, 3.05) is 19.7 Å². The van der Waals surface area contributed by atoms with Crippen molar-refractivity contribution in [2.24, 2.45) is 0 Å². The van der Waals surface area contributed by atoms with Crippen LogP contribution in [0.15, 0.2) is 24.3 Å². The lowest BCUT2D eigenvalue weighted by molar-refractivity contribution is -0.143. The highest BCUT2D eigenvalue weighted by atomic mass is 16.5. The summed E-state index contributed by atoms with van der Waals surface area (Å²) in [6.07, 6.45) is 0.801. The Morgan fingerprint density at radius 3 is 2.24 bits per heavy atom. The van der Waals surface area contributed by atoms with Gasteiger partial charge in [0.2, 0.25) is 0 Å². The van der Waals surface area contributed by atoms with Gasteiger partial charge in [-0.05, 0) is 37.0 Å². The van der Waals surface area contributed by atoms with E-state index in [2.05, 4.69) is 13.8 Å². The predicted octanol–water partition coefficient (Wildman–Crippen LogP) is 3.23. The molecule has 0 atom stereocenters. The van der Waals surface area contributed by atoms with Crippen molar-refractivity contribution in [3.05, 3.63) is 35.4 Å². The number of esters is 1. The summed E-state index contributed by atoms with van der Waals surface area (Å²) in [5.41, 5.74) is 1.80. The van der Waals surface area contributed by atoms with Gasteiger partial charge in [0.1, 0.15) is 6.54 Å². The largest absolute Gasteiger partial charge is 0.465 e. The molecule has 0 bridgehead atoms. The molecule has 0 saturated carbocycles. The van der Waals surface area contributed by atoms with Crippen LogP contribution >= 0.6 is 0 Å². The summed E-state index contributed by atoms with van der Waals surface area (Å²) in [6.45, 7) is 8.84. The highest BCUT2D eigenvalue weighted by Crippen LogP contribution is 2.15. The van der Waals surface area contributed by atoms with Crippen LogP contribution in [0.5, 0.6) is 0 Å². The molecule has 1 amide bonds. The molecular weight excluding hydrogens is 266 g/mol. The number of carbonyl (C=O) groups is 2. The number of ether oxygens (including phenoxy) is 1. The Balaban J connectivity index is 2.82. The van der Waals surface area contributed by atoms with Crippen LogP contribution in [0.4, 0.5) is 0 Å². The Kier molecular flexibility index (Phi) is 6.92. The zero-order valence-electron chi connectivity index (χ0n) is 13.4. The summed E-state index contributed by atoms with van der Waals surface area (Å²) >= 11 is 0. The molecule has 0 radical (unpaired) electrons. The van der Waals surface area contributed by atoms with E-state index in [9.17, 15) is 9.59 Å². The molecule has 4 nitrogen and oxygen atoms in total. The molecule has 0 aliphatic heterocycles. The Labute approximate surface area is 127 Å². The van der Waals surface area contributed by atoms with Crippen LogP contribution < -0.4 is 0 Å². The number of carbonyl (C=O) groups excluding carboxylic acids is 2. The molecular formula is C17H25NO3. The monoisotopic (exact) mass is 291 g/mol. The highest BCUT2D eigenvalue weighted by molar-refractivity contribution is 5.96. The summed E-state index contributed by atoms with van der Waals surface area (Å²) in [6, 6.07) is 7.58. The molecule has 0 heterocycles. The summed E-state index contributed by atoms with van der Waals surface area (Å²) < 4.78 is 4.92. The van der Waals surface area contributed by atoms with Crippen LogP contribution in [0.25, 0.3) is 0 Å². The standard InChI is InChI=1S/C17H25NO3/c1-5-11-18(12-16(19)21-6-2)17(20)15-9-7-14(8-10-15)13(3)4/h7-10,13H,5-6,11-12H2,1-4H3. The Bertz CT molecular complexity index is 465. The van der Waals surface area contributed by atoms with E-state index in [1.807, 2.05) is 31.2 Å². The highest BCUT2D eigenvalue weighted by Gasteiger charge is 2.18. The second-order valence-corrected chi connectivity index (χ2v) is 5.31. The first-order valence-electron chi connectivity index (χ1n) is 7.54. The molecule has 0 aromatic heterocycles. The summed E-state index contributed by atoms with van der Waals surface area (Å²) in [7, 11) is 0. The minimum atomic E-state index is -0.363. The number of nitrogens with zero attached hydrogens (tertiary/aromatic N) is 1. The third kappa shape index (κ3) is 5.21. The van der Waals surface area contributed by atoms with E-state index < -0.39 is 0 Å². The van der Waals surface area contributed by atoms with E-state index in [0.29, 0.717) is 24.6 Å². The van der Waals surface area contributed by atoms with E-state index in [4.69, 9.17) is 4.74 Å². The Morgan fingerprint density at radius 1 is 1.14 bits per heavy atom. The fourth-order valence-electron chi connectivity index (χ4n) is 2.08. The average Bonchev–Trinajstić information content (AvgIpc) is 2.46. The van der Waals surface area contributed by atoms with Gasteiger partial charge in [-0.1, -0.05) is 32.9 Å². The maximum absolute atomic E-state index is 12.5. The van der Waals surface area contributed by atoms with Crippen molar-refractivity contribution in [1.29, 1.82) is 0 Å². The van der Waals surface area contributed by atoms with Crippen LogP contribution in [0, 0.1) is 0 Å². The molecule has 0 fully saturated rings. The van der Waals surface area contributed by atoms with E-state index in [1.165, 1.54) is 5.56 Å². The number of rotatable bonds is 7. The van der Waals surface area contributed by atoms with Gasteiger partial charge in [-0.25, -0.2) is 0 Å². The van der Waals surface area contributed by atoms with Crippen LogP contribution in [0.1, 0.15) is 56.0 Å². The summed E-state index contributed by atoms with van der Waals surface area (Å²) in [4.78, 5) is 25.6. The molecule has 0 spiro atoms. The van der Waals surface area contributed by atoms with Crippen molar-refractivity contribution >= 4 is 11.9 Å². The Morgan fingerprint density at radius 2 is 1.76 bits per heavy atom. The lowest BCUT2D eigenvalue weighted by Crippen LogP contribution is -2.37. The van der Waals surface area contributed by atoms with Gasteiger partial charge in [0.15, 0.2) is 0 Å². The number of benzene rings is 1. The first-order chi connectivity index (χ1) is 9.99. The van der Waals surface area contributed by atoms with Gasteiger partial charge in [0.25, 0.3) is 5.91 Å². The SMILES string of the molecule is CCCN(CC(=O)OCC)C(=O)c1ccc(C(C)C)cc1. The quantitative estimate of drug-likeness (QED) is 0.725. The van der Waals surface area contributed by atoms with Gasteiger partial charge >= 0.3 is 5.97 Å². The van der Waals surface area contributed by atoms with Crippen molar-refractivity contribution in [3.63, 3.8) is 0 Å². The summed E-state index contributed by atoms with van der Waals surface area (Å²) in [5.74, 6) is -0.0567. The zero-order chi connectivity index (χ0) is 15.8. The normalized spacial score (nSPS) is 10.5. The lowest BCUT2D eigenvalue weighted by Gasteiger charge is -2.21. The molecule has 0 N–H and O–H groups in total. The Hall–Kier alpha value is -1.84. The van der Waals surface area contributed by atoms with E-state index in [-0.39, 0.29) is 18.4 Å². The van der Waals surface area contributed by atoms with E-state index in [0.717, 1.165) is 6.42 Å². The molecule has 1 aromatic carbocycles. The van der Waals surface area contributed by atoms with Gasteiger partial charge in [-0.3, -0.25) is 9.59 Å². The van der Waals surface area contributed by atoms with Gasteiger partial charge in [0, 0.05) is 12.1 Å². The van der Waals surface area contributed by atoms with E-state index in [1.54, 1.807) is 11.8 Å². The first-order valence-corrected chi connectivity index (χ1v) is 7.54. The maximum Gasteiger partial charge on any atom is 0.325 e. The average molecular weight is 291 g/mol. The van der Waals surface area contributed by atoms with Gasteiger partial charge < -0.3 is 9.64 Å². The van der Waals surface area contributed by atoms with Crippen LogP contribution in [-0.4, -0.2) is 36.5 Å². The second-order valence-electron chi connectivity index (χ2n) is 5.31. The van der Waals surface area contributed by atoms with Gasteiger partial charge in [-0.2, -0.15) is 0 Å². The fraction of sp³-hybridized carbons (Fsp3) is 0.529. The molecule has 1 aromatic rings. The smallest absolute Gasteiger partial charge is 0.325 e. The fourth-order valence-corrected chi connectivity index (χ4v) is 2.08. The molecule has 0 aliphatic rings. The maximum atomic E-state index is 12.5. The van der Waals surface area contributed by atoms with Gasteiger partial charge in [-0.15, -0.1) is 0 Å². The lowest BCUT2D eigenvalue weighted by atomic mass is 10.0. The minimum absolute atomic E-state index is 0.00639. The molecule has 0 unspecified atom stereocenters. The molecule has 0 saturated heterocycles. The topological polar surface area (TPSA) is 46.6 Å². The predicted molar refractivity (Wildman–Crippen MR) is 83.4 cm³/mol. The number of hydrogen-bond donors (Lipinski definition) is 0. The molecule has 21 heavy (non-hydrogen) atoms. The third-order valence-electron chi connectivity index (χ3n) is 3.23. The zero-order valence-corrected chi connectivity index (χ0v) is 13.4. The van der Waals surface area contributed by atoms with E-state index >= 15 is 0 Å². The molecule has 4 heteroatoms. The second kappa shape index (κ2) is 8.45. The van der Waals surface area contributed by atoms with Gasteiger partial charge in [0.05, 0.1) is 6.61 Å². The van der Waals surface area contributed by atoms with Crippen molar-refractivity contribution in [1.82, 2.24) is 4.90 Å². The van der Waals surface area contributed by atoms with Crippen molar-refractivity contribution in [2.45, 2.75) is 40.0 Å². The molecule has 1 rings (SSSR count). The number of amides is 1. The van der Waals surface area contributed by atoms with Crippen molar-refractivity contribution < 1.29 is 14.3 Å². The van der Waals surface area contributed by atoms with Crippen molar-refractivity contribution in [3.8, 4) is 0 Å².